The van der Waals surface area contributed by atoms with E-state index >= 15 is 0 Å². The predicted octanol–water partition coefficient (Wildman–Crippen LogP) is 1.98. The van der Waals surface area contributed by atoms with Gasteiger partial charge in [0, 0.05) is 12.1 Å². The Morgan fingerprint density at radius 2 is 1.89 bits per heavy atom. The molecule has 1 aliphatic heterocycles. The standard InChI is InChI=1S/C14H25NO2S/c1-13(2)10-4-6-14(3,8-10)12(13)15-11-5-7-18(16,17)9-11/h10-12,15H,4-9H2,1-3H3. The van der Waals surface area contributed by atoms with E-state index in [1.807, 2.05) is 0 Å². The molecule has 4 atom stereocenters. The van der Waals surface area contributed by atoms with Crippen molar-refractivity contribution >= 4 is 9.84 Å². The zero-order valence-corrected chi connectivity index (χ0v) is 12.5. The van der Waals surface area contributed by atoms with E-state index in [9.17, 15) is 8.42 Å². The first-order valence-corrected chi connectivity index (χ1v) is 9.02. The Hall–Kier alpha value is -0.0900. The summed E-state index contributed by atoms with van der Waals surface area (Å²) in [4.78, 5) is 0. The van der Waals surface area contributed by atoms with Crippen LogP contribution in [0, 0.1) is 16.7 Å². The zero-order chi connectivity index (χ0) is 13.2. The molecule has 4 unspecified atom stereocenters. The molecular weight excluding hydrogens is 246 g/mol. The van der Waals surface area contributed by atoms with Gasteiger partial charge in [-0.25, -0.2) is 8.42 Å². The lowest BCUT2D eigenvalue weighted by Crippen LogP contribution is -2.54. The molecule has 1 heterocycles. The second-order valence-electron chi connectivity index (χ2n) is 7.61. The van der Waals surface area contributed by atoms with Crippen LogP contribution in [0.2, 0.25) is 0 Å². The summed E-state index contributed by atoms with van der Waals surface area (Å²) in [6, 6.07) is 0.678. The highest BCUT2D eigenvalue weighted by Gasteiger charge is 2.59. The molecule has 0 radical (unpaired) electrons. The van der Waals surface area contributed by atoms with Crippen LogP contribution in [0.15, 0.2) is 0 Å². The summed E-state index contributed by atoms with van der Waals surface area (Å²) in [6.45, 7) is 7.12. The number of rotatable bonds is 2. The molecule has 2 aliphatic carbocycles. The lowest BCUT2D eigenvalue weighted by atomic mass is 9.68. The zero-order valence-electron chi connectivity index (χ0n) is 11.7. The molecule has 3 rings (SSSR count). The minimum absolute atomic E-state index is 0.190. The van der Waals surface area contributed by atoms with E-state index in [0.29, 0.717) is 28.4 Å². The van der Waals surface area contributed by atoms with Crippen LogP contribution in [0.25, 0.3) is 0 Å². The smallest absolute Gasteiger partial charge is 0.151 e. The van der Waals surface area contributed by atoms with E-state index in [1.54, 1.807) is 0 Å². The lowest BCUT2D eigenvalue weighted by Gasteiger charge is -2.44. The van der Waals surface area contributed by atoms with Gasteiger partial charge in [0.25, 0.3) is 0 Å². The molecule has 0 spiro atoms. The third-order valence-corrected chi connectivity index (χ3v) is 7.67. The average Bonchev–Trinajstić information content (AvgIpc) is 2.83. The maximum Gasteiger partial charge on any atom is 0.151 e. The van der Waals surface area contributed by atoms with E-state index in [-0.39, 0.29) is 6.04 Å². The highest BCUT2D eigenvalue weighted by Crippen LogP contribution is 2.62. The SMILES string of the molecule is CC12CCC(C1)C(C)(C)C2NC1CCS(=O)(=O)C1. The largest absolute Gasteiger partial charge is 0.309 e. The summed E-state index contributed by atoms with van der Waals surface area (Å²) in [5.74, 6) is 1.54. The first kappa shape index (κ1) is 12.9. The molecule has 3 nitrogen and oxygen atoms in total. The molecule has 2 bridgehead atoms. The van der Waals surface area contributed by atoms with E-state index in [2.05, 4.69) is 26.1 Å². The molecule has 0 amide bonds. The van der Waals surface area contributed by atoms with Crippen molar-refractivity contribution in [3.63, 3.8) is 0 Å². The molecule has 2 saturated carbocycles. The van der Waals surface area contributed by atoms with Gasteiger partial charge in [-0.15, -0.1) is 0 Å². The Labute approximate surface area is 111 Å². The van der Waals surface area contributed by atoms with E-state index in [4.69, 9.17) is 0 Å². The average molecular weight is 271 g/mol. The minimum atomic E-state index is -2.77. The van der Waals surface area contributed by atoms with Crippen LogP contribution in [0.5, 0.6) is 0 Å². The van der Waals surface area contributed by atoms with Gasteiger partial charge in [-0.2, -0.15) is 0 Å². The number of hydrogen-bond donors (Lipinski definition) is 1. The molecule has 1 N–H and O–H groups in total. The van der Waals surface area contributed by atoms with E-state index in [1.165, 1.54) is 19.3 Å². The van der Waals surface area contributed by atoms with Crippen molar-refractivity contribution in [2.45, 2.75) is 58.5 Å². The van der Waals surface area contributed by atoms with Gasteiger partial charge in [0.2, 0.25) is 0 Å². The fourth-order valence-corrected chi connectivity index (χ4v) is 6.57. The van der Waals surface area contributed by atoms with E-state index in [0.717, 1.165) is 12.3 Å². The molecule has 4 heteroatoms. The molecular formula is C14H25NO2S. The maximum absolute atomic E-state index is 11.6. The van der Waals surface area contributed by atoms with Gasteiger partial charge >= 0.3 is 0 Å². The van der Waals surface area contributed by atoms with Crippen LogP contribution in [-0.2, 0) is 9.84 Å². The number of nitrogens with one attached hydrogen (secondary N) is 1. The molecule has 0 aromatic carbocycles. The molecule has 1 saturated heterocycles. The Kier molecular flexibility index (Phi) is 2.67. The first-order valence-electron chi connectivity index (χ1n) is 7.19. The van der Waals surface area contributed by atoms with Crippen molar-refractivity contribution < 1.29 is 8.42 Å². The van der Waals surface area contributed by atoms with Gasteiger partial charge in [-0.1, -0.05) is 20.8 Å². The van der Waals surface area contributed by atoms with Crippen LogP contribution in [0.1, 0.15) is 46.5 Å². The van der Waals surface area contributed by atoms with Gasteiger partial charge in [0.1, 0.15) is 0 Å². The fraction of sp³-hybridized carbons (Fsp3) is 1.00. The van der Waals surface area contributed by atoms with Crippen molar-refractivity contribution in [3.8, 4) is 0 Å². The van der Waals surface area contributed by atoms with E-state index < -0.39 is 9.84 Å². The van der Waals surface area contributed by atoms with Gasteiger partial charge in [0.15, 0.2) is 9.84 Å². The molecule has 0 aromatic heterocycles. The molecule has 3 fully saturated rings. The Bertz CT molecular complexity index is 452. The second-order valence-corrected chi connectivity index (χ2v) is 9.84. The van der Waals surface area contributed by atoms with Crippen LogP contribution >= 0.6 is 0 Å². The summed E-state index contributed by atoms with van der Waals surface area (Å²) in [5.41, 5.74) is 0.708. The highest BCUT2D eigenvalue weighted by atomic mass is 32.2. The Morgan fingerprint density at radius 1 is 1.17 bits per heavy atom. The summed E-state index contributed by atoms with van der Waals surface area (Å²) in [6.07, 6.45) is 4.77. The third kappa shape index (κ3) is 1.83. The van der Waals surface area contributed by atoms with Crippen molar-refractivity contribution in [1.29, 1.82) is 0 Å². The number of sulfone groups is 1. The van der Waals surface area contributed by atoms with Crippen molar-refractivity contribution in [1.82, 2.24) is 5.32 Å². The van der Waals surface area contributed by atoms with Crippen LogP contribution in [-0.4, -0.2) is 32.0 Å². The molecule has 3 aliphatic rings. The minimum Gasteiger partial charge on any atom is -0.309 e. The highest BCUT2D eigenvalue weighted by molar-refractivity contribution is 7.91. The topological polar surface area (TPSA) is 46.2 Å². The lowest BCUT2D eigenvalue weighted by molar-refractivity contribution is 0.101. The summed E-state index contributed by atoms with van der Waals surface area (Å²) < 4.78 is 23.2. The molecule has 104 valence electrons. The van der Waals surface area contributed by atoms with Gasteiger partial charge in [0.05, 0.1) is 11.5 Å². The quantitative estimate of drug-likeness (QED) is 0.835. The maximum atomic E-state index is 11.6. The summed E-state index contributed by atoms with van der Waals surface area (Å²) >= 11 is 0. The van der Waals surface area contributed by atoms with Crippen LogP contribution in [0.4, 0.5) is 0 Å². The summed E-state index contributed by atoms with van der Waals surface area (Å²) in [5, 5.41) is 3.72. The monoisotopic (exact) mass is 271 g/mol. The van der Waals surface area contributed by atoms with Crippen LogP contribution in [0.3, 0.4) is 0 Å². The van der Waals surface area contributed by atoms with Gasteiger partial charge in [-0.3, -0.25) is 0 Å². The van der Waals surface area contributed by atoms with Gasteiger partial charge < -0.3 is 5.32 Å². The van der Waals surface area contributed by atoms with Crippen LogP contribution < -0.4 is 5.32 Å². The van der Waals surface area contributed by atoms with Crippen molar-refractivity contribution in [2.75, 3.05) is 11.5 Å². The van der Waals surface area contributed by atoms with Crippen molar-refractivity contribution in [3.05, 3.63) is 0 Å². The molecule has 18 heavy (non-hydrogen) atoms. The Balaban J connectivity index is 1.77. The van der Waals surface area contributed by atoms with Gasteiger partial charge in [-0.05, 0) is 42.4 Å². The third-order valence-electron chi connectivity index (χ3n) is 5.90. The first-order chi connectivity index (χ1) is 8.23. The summed E-state index contributed by atoms with van der Waals surface area (Å²) in [7, 11) is -2.77. The second kappa shape index (κ2) is 3.72. The van der Waals surface area contributed by atoms with Crippen molar-refractivity contribution in [2.24, 2.45) is 16.7 Å². The number of hydrogen-bond acceptors (Lipinski definition) is 3. The number of fused-ring (bicyclic) bond motifs is 2. The normalized spacial score (nSPS) is 48.7. The Morgan fingerprint density at radius 3 is 2.39 bits per heavy atom. The fourth-order valence-electron chi connectivity index (χ4n) is 4.88. The predicted molar refractivity (Wildman–Crippen MR) is 73.2 cm³/mol. The molecule has 0 aromatic rings.